The fourth-order valence-corrected chi connectivity index (χ4v) is 2.37. The molecule has 0 radical (unpaired) electrons. The van der Waals surface area contributed by atoms with Crippen LogP contribution in [0.4, 0.5) is 0 Å². The van der Waals surface area contributed by atoms with E-state index in [1.807, 2.05) is 31.5 Å². The van der Waals surface area contributed by atoms with Crippen molar-refractivity contribution in [3.63, 3.8) is 0 Å². The normalized spacial score (nSPS) is 14.4. The molecule has 2 N–H and O–H groups in total. The Kier molecular flexibility index (Phi) is 3.82. The lowest BCUT2D eigenvalue weighted by Gasteiger charge is -2.25. The molecule has 1 heterocycles. The summed E-state index contributed by atoms with van der Waals surface area (Å²) in [6, 6.07) is 10.5. The van der Waals surface area contributed by atoms with Crippen molar-refractivity contribution in [2.75, 3.05) is 0 Å². The largest absolute Gasteiger partial charge is 0.330 e. The molecule has 0 saturated carbocycles. The summed E-state index contributed by atoms with van der Waals surface area (Å²) in [4.78, 5) is 4.37. The highest BCUT2D eigenvalue weighted by Crippen LogP contribution is 2.28. The molecular weight excluding hydrogens is 222 g/mol. The first-order valence-electron chi connectivity index (χ1n) is 6.45. The van der Waals surface area contributed by atoms with Crippen LogP contribution in [0.2, 0.25) is 0 Å². The summed E-state index contributed by atoms with van der Waals surface area (Å²) >= 11 is 0. The fourth-order valence-electron chi connectivity index (χ4n) is 2.37. The molecule has 0 bridgehead atoms. The summed E-state index contributed by atoms with van der Waals surface area (Å²) in [5, 5.41) is 0. The van der Waals surface area contributed by atoms with Crippen LogP contribution in [-0.2, 0) is 0 Å². The van der Waals surface area contributed by atoms with Crippen LogP contribution in [0.5, 0.6) is 0 Å². The Balaban J connectivity index is 2.32. The monoisotopic (exact) mass is 243 g/mol. The summed E-state index contributed by atoms with van der Waals surface area (Å²) < 4.78 is 2.20. The number of nitrogens with two attached hydrogens (primary N) is 1. The van der Waals surface area contributed by atoms with Crippen LogP contribution in [0, 0.1) is 13.8 Å². The first-order valence-corrected chi connectivity index (χ1v) is 6.45. The van der Waals surface area contributed by atoms with Gasteiger partial charge >= 0.3 is 0 Å². The maximum atomic E-state index is 6.41. The Hall–Kier alpha value is -1.61. The lowest BCUT2D eigenvalue weighted by Crippen LogP contribution is -2.24. The highest BCUT2D eigenvalue weighted by molar-refractivity contribution is 5.21. The van der Waals surface area contributed by atoms with Gasteiger partial charge in [-0.1, -0.05) is 37.3 Å². The zero-order chi connectivity index (χ0) is 13.1. The maximum Gasteiger partial charge on any atom is 0.0954 e. The van der Waals surface area contributed by atoms with Gasteiger partial charge in [-0.05, 0) is 25.8 Å². The molecular formula is C15H21N3. The van der Waals surface area contributed by atoms with E-state index in [1.165, 1.54) is 11.3 Å². The van der Waals surface area contributed by atoms with Crippen LogP contribution >= 0.6 is 0 Å². The second-order valence-corrected chi connectivity index (χ2v) is 4.73. The van der Waals surface area contributed by atoms with Gasteiger partial charge in [-0.15, -0.1) is 0 Å². The van der Waals surface area contributed by atoms with E-state index in [1.54, 1.807) is 0 Å². The molecule has 3 heteroatoms. The fraction of sp³-hybridized carbons (Fsp3) is 0.400. The van der Waals surface area contributed by atoms with E-state index < -0.39 is 0 Å². The lowest BCUT2D eigenvalue weighted by molar-refractivity contribution is 0.399. The summed E-state index contributed by atoms with van der Waals surface area (Å²) in [7, 11) is 0. The zero-order valence-corrected chi connectivity index (χ0v) is 11.3. The van der Waals surface area contributed by atoms with Crippen LogP contribution in [0.1, 0.15) is 42.4 Å². The van der Waals surface area contributed by atoms with E-state index >= 15 is 0 Å². The van der Waals surface area contributed by atoms with E-state index in [0.717, 1.165) is 12.1 Å². The van der Waals surface area contributed by atoms with Crippen LogP contribution in [0.3, 0.4) is 0 Å². The van der Waals surface area contributed by atoms with Crippen molar-refractivity contribution in [3.05, 3.63) is 53.6 Å². The second-order valence-electron chi connectivity index (χ2n) is 4.73. The van der Waals surface area contributed by atoms with Crippen LogP contribution in [0.25, 0.3) is 0 Å². The van der Waals surface area contributed by atoms with E-state index in [0.29, 0.717) is 0 Å². The molecule has 2 aromatic rings. The van der Waals surface area contributed by atoms with Crippen molar-refractivity contribution >= 4 is 0 Å². The van der Waals surface area contributed by atoms with Crippen LogP contribution in [0.15, 0.2) is 36.7 Å². The van der Waals surface area contributed by atoms with Gasteiger partial charge in [-0.25, -0.2) is 4.98 Å². The first kappa shape index (κ1) is 12.8. The molecule has 0 amide bonds. The molecule has 1 aromatic carbocycles. The van der Waals surface area contributed by atoms with Crippen molar-refractivity contribution < 1.29 is 0 Å². The topological polar surface area (TPSA) is 43.8 Å². The molecule has 0 saturated heterocycles. The van der Waals surface area contributed by atoms with Gasteiger partial charge < -0.3 is 10.3 Å². The molecule has 18 heavy (non-hydrogen) atoms. The third-order valence-electron chi connectivity index (χ3n) is 3.66. The van der Waals surface area contributed by atoms with Gasteiger partial charge in [0.15, 0.2) is 0 Å². The SMILES string of the molecule is CCC(C(N)c1ccccc1)n1cnc(C)c1C. The Morgan fingerprint density at radius 2 is 1.89 bits per heavy atom. The molecule has 2 rings (SSSR count). The molecule has 2 atom stereocenters. The van der Waals surface area contributed by atoms with E-state index in [4.69, 9.17) is 5.73 Å². The number of benzene rings is 1. The number of rotatable bonds is 4. The molecule has 0 spiro atoms. The Bertz CT molecular complexity index is 502. The minimum atomic E-state index is 0.00324. The number of hydrogen-bond donors (Lipinski definition) is 1. The molecule has 1 aromatic heterocycles. The second kappa shape index (κ2) is 5.36. The number of aryl methyl sites for hydroxylation is 1. The summed E-state index contributed by atoms with van der Waals surface area (Å²) in [5.41, 5.74) is 9.87. The molecule has 3 nitrogen and oxygen atoms in total. The van der Waals surface area contributed by atoms with Crippen molar-refractivity contribution in [2.45, 2.75) is 39.3 Å². The molecule has 0 aliphatic heterocycles. The van der Waals surface area contributed by atoms with Gasteiger partial charge in [-0.2, -0.15) is 0 Å². The standard InChI is InChI=1S/C15H21N3/c1-4-14(18-10-17-11(2)12(18)3)15(16)13-8-6-5-7-9-13/h5-10,14-15H,4,16H2,1-3H3. The number of aromatic nitrogens is 2. The lowest BCUT2D eigenvalue weighted by atomic mass is 9.98. The molecule has 2 unspecified atom stereocenters. The maximum absolute atomic E-state index is 6.41. The van der Waals surface area contributed by atoms with Gasteiger partial charge in [0.1, 0.15) is 0 Å². The third-order valence-corrected chi connectivity index (χ3v) is 3.66. The number of imidazole rings is 1. The molecule has 0 fully saturated rings. The minimum absolute atomic E-state index is 0.00324. The Morgan fingerprint density at radius 3 is 2.39 bits per heavy atom. The van der Waals surface area contributed by atoms with Crippen LogP contribution < -0.4 is 5.73 Å². The average Bonchev–Trinajstić information content (AvgIpc) is 2.73. The van der Waals surface area contributed by atoms with Crippen molar-refractivity contribution in [1.82, 2.24) is 9.55 Å². The van der Waals surface area contributed by atoms with E-state index in [-0.39, 0.29) is 12.1 Å². The van der Waals surface area contributed by atoms with Gasteiger partial charge in [0.25, 0.3) is 0 Å². The minimum Gasteiger partial charge on any atom is -0.330 e. The Labute approximate surface area is 109 Å². The van der Waals surface area contributed by atoms with Crippen LogP contribution in [-0.4, -0.2) is 9.55 Å². The summed E-state index contributed by atoms with van der Waals surface area (Å²) in [6.07, 6.45) is 2.90. The van der Waals surface area contributed by atoms with Gasteiger partial charge in [0.2, 0.25) is 0 Å². The zero-order valence-electron chi connectivity index (χ0n) is 11.3. The number of nitrogens with zero attached hydrogens (tertiary/aromatic N) is 2. The molecule has 0 aliphatic rings. The molecule has 96 valence electrons. The van der Waals surface area contributed by atoms with Crippen molar-refractivity contribution in [3.8, 4) is 0 Å². The van der Waals surface area contributed by atoms with Crippen molar-refractivity contribution in [1.29, 1.82) is 0 Å². The summed E-state index contributed by atoms with van der Waals surface area (Å²) in [5.74, 6) is 0. The molecule has 0 aliphatic carbocycles. The highest BCUT2D eigenvalue weighted by Gasteiger charge is 2.21. The van der Waals surface area contributed by atoms with Gasteiger partial charge in [0.05, 0.1) is 24.1 Å². The predicted molar refractivity (Wildman–Crippen MR) is 74.4 cm³/mol. The highest BCUT2D eigenvalue weighted by atomic mass is 15.1. The van der Waals surface area contributed by atoms with E-state index in [9.17, 15) is 0 Å². The smallest absolute Gasteiger partial charge is 0.0954 e. The van der Waals surface area contributed by atoms with Gasteiger partial charge in [0, 0.05) is 5.69 Å². The Morgan fingerprint density at radius 1 is 1.22 bits per heavy atom. The third kappa shape index (κ3) is 2.31. The number of hydrogen-bond acceptors (Lipinski definition) is 2. The average molecular weight is 243 g/mol. The predicted octanol–water partition coefficient (Wildman–Crippen LogP) is 3.15. The van der Waals surface area contributed by atoms with Crippen molar-refractivity contribution in [2.24, 2.45) is 5.73 Å². The first-order chi connectivity index (χ1) is 8.65. The quantitative estimate of drug-likeness (QED) is 0.896. The summed E-state index contributed by atoms with van der Waals surface area (Å²) in [6.45, 7) is 6.30. The van der Waals surface area contributed by atoms with Gasteiger partial charge in [-0.3, -0.25) is 0 Å². The van der Waals surface area contributed by atoms with E-state index in [2.05, 4.69) is 35.5 Å².